The van der Waals surface area contributed by atoms with Crippen molar-refractivity contribution >= 4 is 0 Å². The molecule has 1 saturated heterocycles. The zero-order chi connectivity index (χ0) is 12.0. The molecule has 1 N–H and O–H groups in total. The number of likely N-dealkylation sites (tertiary alicyclic amines) is 1. The van der Waals surface area contributed by atoms with E-state index < -0.39 is 0 Å². The van der Waals surface area contributed by atoms with Crippen LogP contribution < -0.4 is 0 Å². The van der Waals surface area contributed by atoms with Crippen LogP contribution in [0.25, 0.3) is 0 Å². The molecule has 0 aromatic rings. The summed E-state index contributed by atoms with van der Waals surface area (Å²) in [5, 5.41) is 9.21. The second kappa shape index (κ2) is 6.61. The predicted octanol–water partition coefficient (Wildman–Crippen LogP) is 3.05. The lowest BCUT2D eigenvalue weighted by Gasteiger charge is -2.38. The van der Waals surface area contributed by atoms with E-state index in [9.17, 15) is 5.11 Å². The van der Waals surface area contributed by atoms with Gasteiger partial charge in [-0.15, -0.1) is 0 Å². The van der Waals surface area contributed by atoms with Crippen LogP contribution >= 0.6 is 0 Å². The molecule has 0 spiro atoms. The summed E-state index contributed by atoms with van der Waals surface area (Å²) in [6.07, 6.45) is 7.73. The van der Waals surface area contributed by atoms with E-state index in [0.717, 1.165) is 6.54 Å². The van der Waals surface area contributed by atoms with Crippen LogP contribution in [-0.2, 0) is 0 Å². The van der Waals surface area contributed by atoms with E-state index in [1.165, 1.54) is 45.1 Å². The first kappa shape index (κ1) is 14.0. The maximum absolute atomic E-state index is 9.21. The van der Waals surface area contributed by atoms with Crippen LogP contribution in [0.3, 0.4) is 0 Å². The molecule has 2 atom stereocenters. The summed E-state index contributed by atoms with van der Waals surface area (Å²) in [5.74, 6) is 0.525. The summed E-state index contributed by atoms with van der Waals surface area (Å²) in [7, 11) is 0. The van der Waals surface area contributed by atoms with Gasteiger partial charge in [0, 0.05) is 18.7 Å². The Hall–Kier alpha value is -0.0800. The van der Waals surface area contributed by atoms with Crippen molar-refractivity contribution in [2.24, 2.45) is 5.92 Å². The summed E-state index contributed by atoms with van der Waals surface area (Å²) < 4.78 is 0. The highest BCUT2D eigenvalue weighted by Crippen LogP contribution is 2.31. The normalized spacial score (nSPS) is 25.9. The quantitative estimate of drug-likeness (QED) is 0.676. The van der Waals surface area contributed by atoms with Crippen molar-refractivity contribution in [1.29, 1.82) is 0 Å². The summed E-state index contributed by atoms with van der Waals surface area (Å²) >= 11 is 0. The Morgan fingerprint density at radius 2 is 2.06 bits per heavy atom. The Balaban J connectivity index is 2.45. The number of hydrogen-bond acceptors (Lipinski definition) is 2. The molecule has 16 heavy (non-hydrogen) atoms. The third-order valence-electron chi connectivity index (χ3n) is 4.39. The molecule has 1 aliphatic rings. The second-order valence-electron chi connectivity index (χ2n) is 5.59. The summed E-state index contributed by atoms with van der Waals surface area (Å²) in [4.78, 5) is 2.61. The minimum atomic E-state index is 0.366. The third kappa shape index (κ3) is 3.46. The van der Waals surface area contributed by atoms with Gasteiger partial charge in [0.2, 0.25) is 0 Å². The van der Waals surface area contributed by atoms with E-state index in [4.69, 9.17) is 0 Å². The maximum Gasteiger partial charge on any atom is 0.0471 e. The molecule has 96 valence electrons. The molecule has 0 aliphatic carbocycles. The Morgan fingerprint density at radius 3 is 2.56 bits per heavy atom. The molecule has 1 rings (SSSR count). The van der Waals surface area contributed by atoms with Crippen molar-refractivity contribution in [3.05, 3.63) is 0 Å². The summed E-state index contributed by atoms with van der Waals surface area (Å²) in [6.45, 7) is 9.63. The summed E-state index contributed by atoms with van der Waals surface area (Å²) in [6, 6.07) is 0. The molecule has 2 nitrogen and oxygen atoms in total. The molecule has 2 heteroatoms. The van der Waals surface area contributed by atoms with E-state index in [2.05, 4.69) is 25.7 Å². The first-order valence-electron chi connectivity index (χ1n) is 7.02. The third-order valence-corrected chi connectivity index (χ3v) is 4.39. The van der Waals surface area contributed by atoms with Crippen molar-refractivity contribution in [2.45, 2.75) is 64.8 Å². The zero-order valence-corrected chi connectivity index (χ0v) is 11.3. The van der Waals surface area contributed by atoms with Gasteiger partial charge in [0.05, 0.1) is 0 Å². The van der Waals surface area contributed by atoms with Crippen LogP contribution in [-0.4, -0.2) is 35.2 Å². The van der Waals surface area contributed by atoms with Crippen molar-refractivity contribution in [1.82, 2.24) is 4.90 Å². The van der Waals surface area contributed by atoms with Gasteiger partial charge < -0.3 is 5.11 Å². The first-order valence-corrected chi connectivity index (χ1v) is 7.02. The molecular formula is C14H29NO. The fourth-order valence-corrected chi connectivity index (χ4v) is 2.79. The van der Waals surface area contributed by atoms with E-state index >= 15 is 0 Å². The van der Waals surface area contributed by atoms with Gasteiger partial charge in [-0.2, -0.15) is 0 Å². The first-order chi connectivity index (χ1) is 7.66. The van der Waals surface area contributed by atoms with Crippen molar-refractivity contribution in [3.63, 3.8) is 0 Å². The molecule has 0 bridgehead atoms. The highest BCUT2D eigenvalue weighted by molar-refractivity contribution is 4.90. The molecule has 0 radical (unpaired) electrons. The highest BCUT2D eigenvalue weighted by atomic mass is 16.3. The van der Waals surface area contributed by atoms with E-state index in [1.54, 1.807) is 0 Å². The number of unbranched alkanes of at least 4 members (excludes halogenated alkanes) is 2. The van der Waals surface area contributed by atoms with Gasteiger partial charge in [-0.25, -0.2) is 0 Å². The standard InChI is InChI=1S/C14H29NO/c1-4-6-7-9-14(3,5-2)15-10-8-13(11-15)12-16/h13,16H,4-12H2,1-3H3. The van der Waals surface area contributed by atoms with E-state index in [0.29, 0.717) is 18.1 Å². The molecule has 1 aliphatic heterocycles. The smallest absolute Gasteiger partial charge is 0.0471 e. The van der Waals surface area contributed by atoms with Crippen LogP contribution in [0.1, 0.15) is 59.3 Å². The van der Waals surface area contributed by atoms with Crippen molar-refractivity contribution in [2.75, 3.05) is 19.7 Å². The Kier molecular flexibility index (Phi) is 5.77. The monoisotopic (exact) mass is 227 g/mol. The van der Waals surface area contributed by atoms with Gasteiger partial charge >= 0.3 is 0 Å². The molecule has 2 unspecified atom stereocenters. The largest absolute Gasteiger partial charge is 0.396 e. The van der Waals surface area contributed by atoms with Crippen molar-refractivity contribution < 1.29 is 5.11 Å². The summed E-state index contributed by atoms with van der Waals surface area (Å²) in [5.41, 5.74) is 0.374. The van der Waals surface area contributed by atoms with Gasteiger partial charge in [-0.1, -0.05) is 33.1 Å². The van der Waals surface area contributed by atoms with Gasteiger partial charge in [0.15, 0.2) is 0 Å². The van der Waals surface area contributed by atoms with Gasteiger partial charge in [0.25, 0.3) is 0 Å². The Morgan fingerprint density at radius 1 is 1.31 bits per heavy atom. The average Bonchev–Trinajstić information content (AvgIpc) is 2.78. The number of nitrogens with zero attached hydrogens (tertiary/aromatic N) is 1. The van der Waals surface area contributed by atoms with Gasteiger partial charge in [-0.05, 0) is 38.6 Å². The zero-order valence-electron chi connectivity index (χ0n) is 11.3. The molecule has 0 saturated carbocycles. The number of aliphatic hydroxyl groups is 1. The lowest BCUT2D eigenvalue weighted by molar-refractivity contribution is 0.105. The van der Waals surface area contributed by atoms with Crippen LogP contribution in [0.4, 0.5) is 0 Å². The fourth-order valence-electron chi connectivity index (χ4n) is 2.79. The number of rotatable bonds is 7. The molecule has 1 heterocycles. The van der Waals surface area contributed by atoms with Crippen LogP contribution in [0.5, 0.6) is 0 Å². The minimum absolute atomic E-state index is 0.366. The molecule has 0 aromatic heterocycles. The molecular weight excluding hydrogens is 198 g/mol. The van der Waals surface area contributed by atoms with Crippen molar-refractivity contribution in [3.8, 4) is 0 Å². The molecule has 1 fully saturated rings. The molecule has 0 aromatic carbocycles. The second-order valence-corrected chi connectivity index (χ2v) is 5.59. The predicted molar refractivity (Wildman–Crippen MR) is 69.6 cm³/mol. The average molecular weight is 227 g/mol. The SMILES string of the molecule is CCCCCC(C)(CC)N1CCC(CO)C1. The van der Waals surface area contributed by atoms with Gasteiger partial charge in [-0.3, -0.25) is 4.90 Å². The fraction of sp³-hybridized carbons (Fsp3) is 1.00. The Labute approximate surface area is 101 Å². The van der Waals surface area contributed by atoms with Crippen LogP contribution in [0.2, 0.25) is 0 Å². The number of aliphatic hydroxyl groups excluding tert-OH is 1. The van der Waals surface area contributed by atoms with Gasteiger partial charge in [0.1, 0.15) is 0 Å². The minimum Gasteiger partial charge on any atom is -0.396 e. The lowest BCUT2D eigenvalue weighted by atomic mass is 9.90. The van der Waals surface area contributed by atoms with Crippen LogP contribution in [0, 0.1) is 5.92 Å². The number of hydrogen-bond donors (Lipinski definition) is 1. The lowest BCUT2D eigenvalue weighted by Crippen LogP contribution is -2.44. The molecule has 0 amide bonds. The topological polar surface area (TPSA) is 23.5 Å². The van der Waals surface area contributed by atoms with Crippen LogP contribution in [0.15, 0.2) is 0 Å². The van der Waals surface area contributed by atoms with E-state index in [-0.39, 0.29) is 0 Å². The Bertz CT molecular complexity index is 195. The van der Waals surface area contributed by atoms with E-state index in [1.807, 2.05) is 0 Å². The maximum atomic E-state index is 9.21. The highest BCUT2D eigenvalue weighted by Gasteiger charge is 2.34.